The molecule has 34 heavy (non-hydrogen) atoms. The summed E-state index contributed by atoms with van der Waals surface area (Å²) >= 11 is 3.45. The second-order valence-electron chi connectivity index (χ2n) is 8.80. The number of rotatable bonds is 10. The Morgan fingerprint density at radius 1 is 0.882 bits per heavy atom. The largest absolute Gasteiger partial charge is 0.354 e. The van der Waals surface area contributed by atoms with Gasteiger partial charge in [-0.05, 0) is 46.9 Å². The number of carbonyl (C=O) groups excluding carboxylic acids is 2. The lowest BCUT2D eigenvalue weighted by molar-refractivity contribution is -0.140. The Hall–Kier alpha value is -2.99. The zero-order valence-electron chi connectivity index (χ0n) is 19.5. The fraction of sp³-hybridized carbons (Fsp3) is 0.286. The highest BCUT2D eigenvalue weighted by Crippen LogP contribution is 2.18. The second kappa shape index (κ2) is 12.5. The summed E-state index contributed by atoms with van der Waals surface area (Å²) in [6, 6.07) is 22.6. The van der Waals surface area contributed by atoms with Crippen LogP contribution in [0, 0.1) is 11.7 Å². The maximum Gasteiger partial charge on any atom is 0.243 e. The van der Waals surface area contributed by atoms with Crippen LogP contribution in [0.3, 0.4) is 0 Å². The molecule has 0 aliphatic heterocycles. The first-order valence-electron chi connectivity index (χ1n) is 11.4. The van der Waals surface area contributed by atoms with Crippen LogP contribution >= 0.6 is 15.9 Å². The third-order valence-electron chi connectivity index (χ3n) is 5.49. The predicted molar refractivity (Wildman–Crippen MR) is 137 cm³/mol. The van der Waals surface area contributed by atoms with Gasteiger partial charge in [-0.15, -0.1) is 0 Å². The van der Waals surface area contributed by atoms with Gasteiger partial charge in [0.15, 0.2) is 0 Å². The Bertz CT molecular complexity index is 1070. The molecule has 178 valence electrons. The zero-order valence-corrected chi connectivity index (χ0v) is 21.1. The van der Waals surface area contributed by atoms with Crippen molar-refractivity contribution in [1.82, 2.24) is 10.2 Å². The smallest absolute Gasteiger partial charge is 0.243 e. The van der Waals surface area contributed by atoms with Crippen LogP contribution in [0.2, 0.25) is 0 Å². The Morgan fingerprint density at radius 2 is 1.50 bits per heavy atom. The molecule has 0 spiro atoms. The van der Waals surface area contributed by atoms with E-state index in [1.165, 1.54) is 12.1 Å². The number of hydrogen-bond donors (Lipinski definition) is 1. The van der Waals surface area contributed by atoms with Gasteiger partial charge in [0.05, 0.1) is 6.42 Å². The normalized spacial score (nSPS) is 11.8. The van der Waals surface area contributed by atoms with Crippen LogP contribution in [-0.4, -0.2) is 29.3 Å². The van der Waals surface area contributed by atoms with Crippen LogP contribution < -0.4 is 5.32 Å². The average molecular weight is 525 g/mol. The lowest BCUT2D eigenvalue weighted by Crippen LogP contribution is -2.51. The van der Waals surface area contributed by atoms with Gasteiger partial charge in [-0.2, -0.15) is 0 Å². The summed E-state index contributed by atoms with van der Waals surface area (Å²) in [7, 11) is 0. The van der Waals surface area contributed by atoms with E-state index in [1.807, 2.05) is 68.4 Å². The van der Waals surface area contributed by atoms with E-state index in [0.29, 0.717) is 25.1 Å². The topological polar surface area (TPSA) is 49.4 Å². The van der Waals surface area contributed by atoms with Gasteiger partial charge < -0.3 is 10.2 Å². The van der Waals surface area contributed by atoms with E-state index in [4.69, 9.17) is 0 Å². The second-order valence-corrected chi connectivity index (χ2v) is 9.71. The first kappa shape index (κ1) is 25.6. The molecule has 0 radical (unpaired) electrons. The van der Waals surface area contributed by atoms with Crippen molar-refractivity contribution in [3.05, 3.63) is 106 Å². The maximum atomic E-state index is 13.6. The molecule has 0 saturated heterocycles. The molecule has 6 heteroatoms. The minimum atomic E-state index is -0.683. The average Bonchev–Trinajstić information content (AvgIpc) is 2.83. The summed E-state index contributed by atoms with van der Waals surface area (Å²) in [5.74, 6) is -0.425. The van der Waals surface area contributed by atoms with Crippen molar-refractivity contribution < 1.29 is 14.0 Å². The molecule has 3 aromatic carbocycles. The molecule has 0 bridgehead atoms. The molecule has 4 nitrogen and oxygen atoms in total. The molecule has 0 aliphatic carbocycles. The number of nitrogens with zero attached hydrogens (tertiary/aromatic N) is 1. The minimum Gasteiger partial charge on any atom is -0.354 e. The molecule has 3 rings (SSSR count). The van der Waals surface area contributed by atoms with Gasteiger partial charge in [0.1, 0.15) is 11.9 Å². The fourth-order valence-corrected chi connectivity index (χ4v) is 3.91. The van der Waals surface area contributed by atoms with Crippen LogP contribution in [0.25, 0.3) is 0 Å². The highest BCUT2D eigenvalue weighted by Gasteiger charge is 2.30. The molecular formula is C28H30BrFN2O2. The van der Waals surface area contributed by atoms with Gasteiger partial charge in [-0.1, -0.05) is 84.4 Å². The van der Waals surface area contributed by atoms with Gasteiger partial charge >= 0.3 is 0 Å². The Labute approximate surface area is 209 Å². The van der Waals surface area contributed by atoms with Crippen molar-refractivity contribution in [1.29, 1.82) is 0 Å². The van der Waals surface area contributed by atoms with Crippen molar-refractivity contribution in [2.45, 2.75) is 39.3 Å². The fourth-order valence-electron chi connectivity index (χ4n) is 3.64. The minimum absolute atomic E-state index is 0.0829. The number of benzene rings is 3. The molecule has 1 atom stereocenters. The summed E-state index contributed by atoms with van der Waals surface area (Å²) in [6.45, 7) is 4.89. The summed E-state index contributed by atoms with van der Waals surface area (Å²) < 4.78 is 14.3. The zero-order chi connectivity index (χ0) is 24.5. The van der Waals surface area contributed by atoms with E-state index < -0.39 is 6.04 Å². The van der Waals surface area contributed by atoms with Crippen molar-refractivity contribution in [2.75, 3.05) is 6.54 Å². The molecule has 2 amide bonds. The number of hydrogen-bond acceptors (Lipinski definition) is 2. The first-order chi connectivity index (χ1) is 16.3. The quantitative estimate of drug-likeness (QED) is 0.378. The van der Waals surface area contributed by atoms with Gasteiger partial charge in [0.25, 0.3) is 0 Å². The number of halogens is 2. The Balaban J connectivity index is 1.93. The van der Waals surface area contributed by atoms with Crippen LogP contribution in [-0.2, 0) is 29.0 Å². The highest BCUT2D eigenvalue weighted by molar-refractivity contribution is 9.10. The number of nitrogens with one attached hydrogen (secondary N) is 1. The summed E-state index contributed by atoms with van der Waals surface area (Å²) in [5, 5.41) is 3.01. The molecule has 1 N–H and O–H groups in total. The van der Waals surface area contributed by atoms with Crippen LogP contribution in [0.4, 0.5) is 4.39 Å². The van der Waals surface area contributed by atoms with Crippen LogP contribution in [0.15, 0.2) is 83.3 Å². The lowest BCUT2D eigenvalue weighted by Gasteiger charge is -2.32. The summed E-state index contributed by atoms with van der Waals surface area (Å²) in [6.07, 6.45) is 0.482. The SMILES string of the molecule is CC(C)CNC(=O)C(Cc1ccccc1)N(Cc1ccc(Br)cc1)C(=O)Cc1ccc(F)cc1. The molecule has 3 aromatic rings. The van der Waals surface area contributed by atoms with E-state index in [2.05, 4.69) is 21.2 Å². The van der Waals surface area contributed by atoms with E-state index in [9.17, 15) is 14.0 Å². The summed E-state index contributed by atoms with van der Waals surface area (Å²) in [5.41, 5.74) is 2.60. The van der Waals surface area contributed by atoms with Crippen molar-refractivity contribution in [3.8, 4) is 0 Å². The predicted octanol–water partition coefficient (Wildman–Crippen LogP) is 5.54. The molecular weight excluding hydrogens is 495 g/mol. The van der Waals surface area contributed by atoms with Crippen molar-refractivity contribution >= 4 is 27.7 Å². The van der Waals surface area contributed by atoms with Gasteiger partial charge in [-0.3, -0.25) is 9.59 Å². The lowest BCUT2D eigenvalue weighted by atomic mass is 10.0. The van der Waals surface area contributed by atoms with E-state index >= 15 is 0 Å². The summed E-state index contributed by atoms with van der Waals surface area (Å²) in [4.78, 5) is 28.6. The number of amides is 2. The monoisotopic (exact) mass is 524 g/mol. The molecule has 0 aliphatic rings. The van der Waals surface area contributed by atoms with Gasteiger partial charge in [0.2, 0.25) is 11.8 Å². The Morgan fingerprint density at radius 3 is 2.12 bits per heavy atom. The van der Waals surface area contributed by atoms with E-state index in [-0.39, 0.29) is 30.0 Å². The molecule has 0 heterocycles. The molecule has 0 aromatic heterocycles. The van der Waals surface area contributed by atoms with E-state index in [1.54, 1.807) is 17.0 Å². The molecule has 0 fully saturated rings. The number of carbonyl (C=O) groups is 2. The standard InChI is InChI=1S/C28H30BrFN2O2/c1-20(2)18-31-28(34)26(16-21-6-4-3-5-7-21)32(19-23-8-12-24(29)13-9-23)27(33)17-22-10-14-25(30)15-11-22/h3-15,20,26H,16-19H2,1-2H3,(H,31,34). The first-order valence-corrected chi connectivity index (χ1v) is 12.2. The Kier molecular flexibility index (Phi) is 9.40. The third-order valence-corrected chi connectivity index (χ3v) is 6.02. The van der Waals surface area contributed by atoms with Crippen LogP contribution in [0.1, 0.15) is 30.5 Å². The van der Waals surface area contributed by atoms with Gasteiger partial charge in [-0.25, -0.2) is 4.39 Å². The van der Waals surface area contributed by atoms with Crippen molar-refractivity contribution in [2.24, 2.45) is 5.92 Å². The molecule has 0 saturated carbocycles. The molecule has 1 unspecified atom stereocenters. The maximum absolute atomic E-state index is 13.6. The van der Waals surface area contributed by atoms with Crippen LogP contribution in [0.5, 0.6) is 0 Å². The van der Waals surface area contributed by atoms with Crippen molar-refractivity contribution in [3.63, 3.8) is 0 Å². The van der Waals surface area contributed by atoms with Gasteiger partial charge in [0, 0.05) is 24.0 Å². The highest BCUT2D eigenvalue weighted by atomic mass is 79.9. The van der Waals surface area contributed by atoms with E-state index in [0.717, 1.165) is 15.6 Å². The third kappa shape index (κ3) is 7.80.